The molecule has 0 aromatic carbocycles. The van der Waals surface area contributed by atoms with Crippen LogP contribution in [0.1, 0.15) is 26.0 Å². The number of hydrogen-bond donors (Lipinski definition) is 0. The van der Waals surface area contributed by atoms with Crippen molar-refractivity contribution in [1.82, 2.24) is 5.01 Å². The van der Waals surface area contributed by atoms with E-state index < -0.39 is 14.8 Å². The monoisotopic (exact) mass is 317 g/mol. The molecule has 1 rings (SSSR count). The number of hydrazone groups is 1. The lowest BCUT2D eigenvalue weighted by Gasteiger charge is -2.25. The van der Waals surface area contributed by atoms with Crippen LogP contribution in [0.5, 0.6) is 0 Å². The molecular formula is C12H19N3O5S. The molecule has 0 fully saturated rings. The average Bonchev–Trinajstić information content (AvgIpc) is 2.81. The Hall–Kier alpha value is -1.90. The number of sulfone groups is 1. The normalized spacial score (nSPS) is 13.5. The zero-order chi connectivity index (χ0) is 16.0. The van der Waals surface area contributed by atoms with Gasteiger partial charge in [-0.05, 0) is 19.4 Å². The molecule has 21 heavy (non-hydrogen) atoms. The van der Waals surface area contributed by atoms with Crippen LogP contribution in [0, 0.1) is 10.1 Å². The van der Waals surface area contributed by atoms with Gasteiger partial charge in [-0.3, -0.25) is 15.1 Å². The standard InChI is InChI=1S/C12H19N3O5S/c1-4-7-14(10(2)9-21(3,18)19)13-8-11-5-6-12(20-11)15(16)17/h5-6,8,10H,4,7,9H2,1-3H3. The lowest BCUT2D eigenvalue weighted by atomic mass is 10.3. The fourth-order valence-electron chi connectivity index (χ4n) is 1.79. The molecule has 0 N–H and O–H groups in total. The SMILES string of the molecule is CCCN(N=Cc1ccc([N+](=O)[O-])o1)C(C)CS(C)(=O)=O. The van der Waals surface area contributed by atoms with Gasteiger partial charge in [0.1, 0.15) is 14.8 Å². The molecule has 0 spiro atoms. The first kappa shape index (κ1) is 17.2. The minimum absolute atomic E-state index is 0.0113. The van der Waals surface area contributed by atoms with Gasteiger partial charge in [0.15, 0.2) is 5.76 Å². The Bertz CT molecular complexity index is 608. The van der Waals surface area contributed by atoms with Gasteiger partial charge >= 0.3 is 5.88 Å². The summed E-state index contributed by atoms with van der Waals surface area (Å²) in [6.07, 6.45) is 3.32. The Morgan fingerprint density at radius 1 is 1.52 bits per heavy atom. The first-order chi connectivity index (χ1) is 9.73. The molecule has 0 aliphatic heterocycles. The van der Waals surface area contributed by atoms with E-state index in [1.807, 2.05) is 6.92 Å². The van der Waals surface area contributed by atoms with Crippen LogP contribution in [0.2, 0.25) is 0 Å². The lowest BCUT2D eigenvalue weighted by molar-refractivity contribution is -0.402. The van der Waals surface area contributed by atoms with E-state index in [1.54, 1.807) is 11.9 Å². The van der Waals surface area contributed by atoms with Crippen LogP contribution in [0.15, 0.2) is 21.7 Å². The predicted octanol–water partition coefficient (Wildman–Crippen LogP) is 1.67. The van der Waals surface area contributed by atoms with Crippen LogP contribution >= 0.6 is 0 Å². The molecule has 118 valence electrons. The Labute approximate surface area is 123 Å². The molecule has 8 nitrogen and oxygen atoms in total. The summed E-state index contributed by atoms with van der Waals surface area (Å²) in [4.78, 5) is 9.88. The summed E-state index contributed by atoms with van der Waals surface area (Å²) in [5.74, 6) is -0.125. The van der Waals surface area contributed by atoms with Crippen molar-refractivity contribution in [3.63, 3.8) is 0 Å². The highest BCUT2D eigenvalue weighted by Gasteiger charge is 2.17. The van der Waals surface area contributed by atoms with E-state index in [9.17, 15) is 18.5 Å². The van der Waals surface area contributed by atoms with E-state index in [4.69, 9.17) is 4.42 Å². The van der Waals surface area contributed by atoms with E-state index in [0.29, 0.717) is 6.54 Å². The van der Waals surface area contributed by atoms with E-state index >= 15 is 0 Å². The summed E-state index contributed by atoms with van der Waals surface area (Å²) < 4.78 is 27.6. The number of furan rings is 1. The third kappa shape index (κ3) is 5.94. The molecule has 0 aliphatic rings. The van der Waals surface area contributed by atoms with Gasteiger partial charge in [0.25, 0.3) is 0 Å². The minimum atomic E-state index is -3.11. The molecular weight excluding hydrogens is 298 g/mol. The average molecular weight is 317 g/mol. The highest BCUT2D eigenvalue weighted by molar-refractivity contribution is 7.90. The first-order valence-electron chi connectivity index (χ1n) is 6.45. The summed E-state index contributed by atoms with van der Waals surface area (Å²) >= 11 is 0. The molecule has 0 saturated carbocycles. The maximum Gasteiger partial charge on any atom is 0.433 e. The van der Waals surface area contributed by atoms with Crippen LogP contribution in [0.4, 0.5) is 5.88 Å². The van der Waals surface area contributed by atoms with E-state index in [1.165, 1.54) is 24.6 Å². The first-order valence-corrected chi connectivity index (χ1v) is 8.51. The van der Waals surface area contributed by atoms with Crippen molar-refractivity contribution in [3.8, 4) is 0 Å². The second-order valence-corrected chi connectivity index (χ2v) is 6.97. The number of nitro groups is 1. The van der Waals surface area contributed by atoms with Crippen molar-refractivity contribution in [1.29, 1.82) is 0 Å². The topological polar surface area (TPSA) is 106 Å². The molecule has 0 radical (unpaired) electrons. The molecule has 0 amide bonds. The zero-order valence-corrected chi connectivity index (χ0v) is 13.0. The van der Waals surface area contributed by atoms with Gasteiger partial charge in [-0.15, -0.1) is 0 Å². The fourth-order valence-corrected chi connectivity index (χ4v) is 2.83. The van der Waals surface area contributed by atoms with Crippen LogP contribution in [-0.4, -0.2) is 49.2 Å². The van der Waals surface area contributed by atoms with Crippen LogP contribution < -0.4 is 0 Å². The maximum atomic E-state index is 11.3. The molecule has 1 heterocycles. The molecule has 1 atom stereocenters. The third-order valence-electron chi connectivity index (χ3n) is 2.63. The number of nitrogens with zero attached hydrogens (tertiary/aromatic N) is 3. The molecule has 1 aromatic rings. The molecule has 0 saturated heterocycles. The van der Waals surface area contributed by atoms with Crippen molar-refractivity contribution in [2.45, 2.75) is 26.3 Å². The highest BCUT2D eigenvalue weighted by Crippen LogP contribution is 2.14. The summed E-state index contributed by atoms with van der Waals surface area (Å²) in [6, 6.07) is 2.39. The molecule has 0 aliphatic carbocycles. The lowest BCUT2D eigenvalue weighted by Crippen LogP contribution is -2.34. The summed E-state index contributed by atoms with van der Waals surface area (Å²) in [5.41, 5.74) is 0. The molecule has 1 aromatic heterocycles. The fraction of sp³-hybridized carbons (Fsp3) is 0.583. The summed E-state index contributed by atoms with van der Waals surface area (Å²) in [6.45, 7) is 4.29. The third-order valence-corrected chi connectivity index (χ3v) is 3.72. The molecule has 9 heteroatoms. The number of rotatable bonds is 8. The van der Waals surface area contributed by atoms with Gasteiger partial charge in [-0.25, -0.2) is 8.42 Å². The van der Waals surface area contributed by atoms with Gasteiger partial charge in [0.05, 0.1) is 24.1 Å². The second kappa shape index (κ2) is 7.21. The Balaban J connectivity index is 2.81. The van der Waals surface area contributed by atoms with Crippen molar-refractivity contribution >= 4 is 21.9 Å². The van der Waals surface area contributed by atoms with Crippen molar-refractivity contribution in [3.05, 3.63) is 28.0 Å². The van der Waals surface area contributed by atoms with Gasteiger partial charge in [0.2, 0.25) is 0 Å². The van der Waals surface area contributed by atoms with Crippen molar-refractivity contribution in [2.75, 3.05) is 18.6 Å². The van der Waals surface area contributed by atoms with E-state index in [2.05, 4.69) is 5.10 Å². The Morgan fingerprint density at radius 2 is 2.19 bits per heavy atom. The number of hydrogen-bond acceptors (Lipinski definition) is 7. The molecule has 1 unspecified atom stereocenters. The van der Waals surface area contributed by atoms with Gasteiger partial charge in [0, 0.05) is 12.8 Å². The minimum Gasteiger partial charge on any atom is -0.400 e. The maximum absolute atomic E-state index is 11.3. The quantitative estimate of drug-likeness (QED) is 0.410. The summed E-state index contributed by atoms with van der Waals surface area (Å²) in [5, 5.41) is 16.3. The van der Waals surface area contributed by atoms with Gasteiger partial charge in [-0.2, -0.15) is 5.10 Å². The summed E-state index contributed by atoms with van der Waals surface area (Å²) in [7, 11) is -3.11. The highest BCUT2D eigenvalue weighted by atomic mass is 32.2. The van der Waals surface area contributed by atoms with Crippen molar-refractivity contribution < 1.29 is 17.8 Å². The van der Waals surface area contributed by atoms with Crippen LogP contribution in [0.3, 0.4) is 0 Å². The van der Waals surface area contributed by atoms with Crippen molar-refractivity contribution in [2.24, 2.45) is 5.10 Å². The zero-order valence-electron chi connectivity index (χ0n) is 12.2. The van der Waals surface area contributed by atoms with E-state index in [0.717, 1.165) is 6.42 Å². The van der Waals surface area contributed by atoms with Gasteiger partial charge in [-0.1, -0.05) is 6.92 Å². The molecule has 0 bridgehead atoms. The predicted molar refractivity (Wildman–Crippen MR) is 79.1 cm³/mol. The smallest absolute Gasteiger partial charge is 0.400 e. The Morgan fingerprint density at radius 3 is 2.67 bits per heavy atom. The largest absolute Gasteiger partial charge is 0.433 e. The second-order valence-electron chi connectivity index (χ2n) is 4.78. The van der Waals surface area contributed by atoms with Crippen LogP contribution in [-0.2, 0) is 9.84 Å². The van der Waals surface area contributed by atoms with Gasteiger partial charge < -0.3 is 4.42 Å². The van der Waals surface area contributed by atoms with Crippen LogP contribution in [0.25, 0.3) is 0 Å². The van der Waals surface area contributed by atoms with E-state index in [-0.39, 0.29) is 23.4 Å². The Kier molecular flexibility index (Phi) is 5.89.